The largest absolute Gasteiger partial charge is 0.349 e. The lowest BCUT2D eigenvalue weighted by molar-refractivity contribution is -0.116. The standard InChI is InChI=1S/C19H24N2O2/c1-11(16-9-12-2-3-13(16)8-12)20-19(23)15-4-6-17-14(10-15)5-7-18(22)21-17/h4,6,10-13,16H,2-3,5,7-9H2,1H3,(H,20,23)(H,21,22)/t11-,12+,13+,16+/m1/s1. The number of carbonyl (C=O) groups excluding carboxylic acids is 2. The zero-order valence-corrected chi connectivity index (χ0v) is 13.6. The summed E-state index contributed by atoms with van der Waals surface area (Å²) in [7, 11) is 0. The number of hydrogen-bond acceptors (Lipinski definition) is 2. The van der Waals surface area contributed by atoms with Crippen molar-refractivity contribution < 1.29 is 9.59 Å². The molecular formula is C19H24N2O2. The Bertz CT molecular complexity index is 655. The Morgan fingerprint density at radius 2 is 2.13 bits per heavy atom. The Balaban J connectivity index is 1.44. The van der Waals surface area contributed by atoms with Crippen LogP contribution in [0.5, 0.6) is 0 Å². The van der Waals surface area contributed by atoms with Crippen molar-refractivity contribution in [1.82, 2.24) is 5.32 Å². The maximum Gasteiger partial charge on any atom is 0.251 e. The van der Waals surface area contributed by atoms with Crippen LogP contribution in [-0.2, 0) is 11.2 Å². The second-order valence-corrected chi connectivity index (χ2v) is 7.52. The van der Waals surface area contributed by atoms with Crippen LogP contribution in [0.2, 0.25) is 0 Å². The van der Waals surface area contributed by atoms with E-state index in [2.05, 4.69) is 17.6 Å². The molecule has 1 heterocycles. The fourth-order valence-corrected chi connectivity index (χ4v) is 4.83. The van der Waals surface area contributed by atoms with Crippen LogP contribution in [0.25, 0.3) is 0 Å². The van der Waals surface area contributed by atoms with Gasteiger partial charge in [0.2, 0.25) is 5.91 Å². The highest BCUT2D eigenvalue weighted by Crippen LogP contribution is 2.49. The molecule has 1 aromatic carbocycles. The molecule has 3 aliphatic rings. The Morgan fingerprint density at radius 1 is 1.26 bits per heavy atom. The van der Waals surface area contributed by atoms with Crippen molar-refractivity contribution in [3.63, 3.8) is 0 Å². The molecule has 0 aromatic heterocycles. The summed E-state index contributed by atoms with van der Waals surface area (Å²) in [5.74, 6) is 2.43. The van der Waals surface area contributed by atoms with Crippen molar-refractivity contribution in [2.75, 3.05) is 5.32 Å². The lowest BCUT2D eigenvalue weighted by Crippen LogP contribution is -2.40. The molecule has 4 nitrogen and oxygen atoms in total. The molecule has 122 valence electrons. The van der Waals surface area contributed by atoms with Crippen LogP contribution in [0, 0.1) is 17.8 Å². The van der Waals surface area contributed by atoms with Gasteiger partial charge in [0.1, 0.15) is 0 Å². The van der Waals surface area contributed by atoms with Crippen LogP contribution in [0.15, 0.2) is 18.2 Å². The lowest BCUT2D eigenvalue weighted by Gasteiger charge is -2.28. The van der Waals surface area contributed by atoms with Gasteiger partial charge in [-0.15, -0.1) is 0 Å². The van der Waals surface area contributed by atoms with Crippen LogP contribution < -0.4 is 10.6 Å². The molecule has 23 heavy (non-hydrogen) atoms. The zero-order chi connectivity index (χ0) is 16.0. The van der Waals surface area contributed by atoms with Crippen LogP contribution in [0.4, 0.5) is 5.69 Å². The van der Waals surface area contributed by atoms with Crippen LogP contribution >= 0.6 is 0 Å². The maximum absolute atomic E-state index is 12.6. The van der Waals surface area contributed by atoms with Gasteiger partial charge < -0.3 is 10.6 Å². The molecule has 2 aliphatic carbocycles. The maximum atomic E-state index is 12.6. The van der Waals surface area contributed by atoms with Gasteiger partial charge in [0, 0.05) is 23.7 Å². The van der Waals surface area contributed by atoms with Gasteiger partial charge in [0.15, 0.2) is 0 Å². The summed E-state index contributed by atoms with van der Waals surface area (Å²) < 4.78 is 0. The molecular weight excluding hydrogens is 288 g/mol. The topological polar surface area (TPSA) is 58.2 Å². The normalized spacial score (nSPS) is 29.8. The average molecular weight is 312 g/mol. The summed E-state index contributed by atoms with van der Waals surface area (Å²) in [6.07, 6.45) is 6.59. The zero-order valence-electron chi connectivity index (χ0n) is 13.6. The van der Waals surface area contributed by atoms with Gasteiger partial charge in [0.25, 0.3) is 5.91 Å². The monoisotopic (exact) mass is 312 g/mol. The van der Waals surface area contributed by atoms with Gasteiger partial charge in [-0.1, -0.05) is 6.42 Å². The Labute approximate surface area is 137 Å². The molecule has 0 unspecified atom stereocenters. The minimum Gasteiger partial charge on any atom is -0.349 e. The van der Waals surface area contributed by atoms with E-state index < -0.39 is 0 Å². The number of hydrogen-bond donors (Lipinski definition) is 2. The number of benzene rings is 1. The predicted octanol–water partition coefficient (Wildman–Crippen LogP) is 3.13. The summed E-state index contributed by atoms with van der Waals surface area (Å²) in [6.45, 7) is 2.15. The minimum atomic E-state index is 0.0139. The number of amides is 2. The van der Waals surface area contributed by atoms with E-state index >= 15 is 0 Å². The van der Waals surface area contributed by atoms with E-state index in [0.717, 1.165) is 23.1 Å². The van der Waals surface area contributed by atoms with Gasteiger partial charge in [-0.3, -0.25) is 9.59 Å². The van der Waals surface area contributed by atoms with E-state index in [9.17, 15) is 9.59 Å². The minimum absolute atomic E-state index is 0.0139. The van der Waals surface area contributed by atoms with Crippen molar-refractivity contribution in [2.24, 2.45) is 17.8 Å². The first-order chi connectivity index (χ1) is 11.1. The van der Waals surface area contributed by atoms with Gasteiger partial charge in [0.05, 0.1) is 0 Å². The molecule has 4 heteroatoms. The quantitative estimate of drug-likeness (QED) is 0.901. The van der Waals surface area contributed by atoms with Gasteiger partial charge in [-0.25, -0.2) is 0 Å². The van der Waals surface area contributed by atoms with Crippen molar-refractivity contribution in [3.8, 4) is 0 Å². The lowest BCUT2D eigenvalue weighted by atomic mass is 9.84. The number of carbonyl (C=O) groups is 2. The molecule has 0 saturated heterocycles. The Hall–Kier alpha value is -1.84. The van der Waals surface area contributed by atoms with Crippen molar-refractivity contribution >= 4 is 17.5 Å². The number of aryl methyl sites for hydroxylation is 1. The number of nitrogens with one attached hydrogen (secondary N) is 2. The van der Waals surface area contributed by atoms with E-state index in [0.29, 0.717) is 24.3 Å². The van der Waals surface area contributed by atoms with E-state index in [1.807, 2.05) is 18.2 Å². The van der Waals surface area contributed by atoms with Crippen molar-refractivity contribution in [3.05, 3.63) is 29.3 Å². The first-order valence-corrected chi connectivity index (χ1v) is 8.84. The second-order valence-electron chi connectivity index (χ2n) is 7.52. The van der Waals surface area contributed by atoms with Gasteiger partial charge in [-0.2, -0.15) is 0 Å². The fourth-order valence-electron chi connectivity index (χ4n) is 4.83. The number of fused-ring (bicyclic) bond motifs is 3. The first kappa shape index (κ1) is 14.7. The third kappa shape index (κ3) is 2.75. The van der Waals surface area contributed by atoms with E-state index in [4.69, 9.17) is 0 Å². The van der Waals surface area contributed by atoms with Gasteiger partial charge in [-0.05, 0) is 74.1 Å². The highest BCUT2D eigenvalue weighted by atomic mass is 16.2. The highest BCUT2D eigenvalue weighted by Gasteiger charge is 2.42. The summed E-state index contributed by atoms with van der Waals surface area (Å²) in [5.41, 5.74) is 2.61. The van der Waals surface area contributed by atoms with Crippen LogP contribution in [0.3, 0.4) is 0 Å². The van der Waals surface area contributed by atoms with E-state index in [1.165, 1.54) is 25.7 Å². The summed E-state index contributed by atoms with van der Waals surface area (Å²) in [5, 5.41) is 6.07. The first-order valence-electron chi connectivity index (χ1n) is 8.84. The van der Waals surface area contributed by atoms with E-state index in [1.54, 1.807) is 0 Å². The molecule has 2 amide bonds. The van der Waals surface area contributed by atoms with E-state index in [-0.39, 0.29) is 17.9 Å². The van der Waals surface area contributed by atoms with Gasteiger partial charge >= 0.3 is 0 Å². The summed E-state index contributed by atoms with van der Waals surface area (Å²) in [4.78, 5) is 24.0. The predicted molar refractivity (Wildman–Crippen MR) is 89.3 cm³/mol. The van der Waals surface area contributed by atoms with Crippen molar-refractivity contribution in [2.45, 2.75) is 51.5 Å². The molecule has 2 N–H and O–H groups in total. The number of rotatable bonds is 3. The Kier molecular flexibility index (Phi) is 3.63. The molecule has 2 saturated carbocycles. The van der Waals surface area contributed by atoms with Crippen molar-refractivity contribution in [1.29, 1.82) is 0 Å². The molecule has 4 rings (SSSR count). The smallest absolute Gasteiger partial charge is 0.251 e. The highest BCUT2D eigenvalue weighted by molar-refractivity contribution is 5.98. The van der Waals surface area contributed by atoms with Crippen LogP contribution in [0.1, 0.15) is 54.9 Å². The average Bonchev–Trinajstić information content (AvgIpc) is 3.17. The molecule has 2 bridgehead atoms. The fraction of sp³-hybridized carbons (Fsp3) is 0.579. The molecule has 0 spiro atoms. The summed E-state index contributed by atoms with van der Waals surface area (Å²) in [6, 6.07) is 5.84. The third-order valence-corrected chi connectivity index (χ3v) is 6.06. The molecule has 1 aromatic rings. The number of anilines is 1. The SMILES string of the molecule is C[C@@H](NC(=O)c1ccc2c(c1)CCC(=O)N2)[C@@H]1C[C@H]2CC[C@H]1C2. The molecule has 1 aliphatic heterocycles. The molecule has 0 radical (unpaired) electrons. The molecule has 4 atom stereocenters. The van der Waals surface area contributed by atoms with Crippen LogP contribution in [-0.4, -0.2) is 17.9 Å². The summed E-state index contributed by atoms with van der Waals surface area (Å²) >= 11 is 0. The second kappa shape index (κ2) is 5.66. The molecule has 2 fully saturated rings. The third-order valence-electron chi connectivity index (χ3n) is 6.06. The Morgan fingerprint density at radius 3 is 2.87 bits per heavy atom.